The molecule has 0 amide bonds. The number of aryl methyl sites for hydroxylation is 2. The van der Waals surface area contributed by atoms with Gasteiger partial charge in [0.1, 0.15) is 0 Å². The fourth-order valence-electron chi connectivity index (χ4n) is 1.50. The zero-order valence-corrected chi connectivity index (χ0v) is 8.45. The summed E-state index contributed by atoms with van der Waals surface area (Å²) in [7, 11) is 0. The first-order valence-corrected chi connectivity index (χ1v) is 4.56. The molecule has 0 fully saturated rings. The average Bonchev–Trinajstić information content (AvgIpc) is 2.11. The first-order valence-electron chi connectivity index (χ1n) is 4.56. The Morgan fingerprint density at radius 2 is 2.14 bits per heavy atom. The predicted octanol–water partition coefficient (Wildman–Crippen LogP) is 1.43. The van der Waals surface area contributed by atoms with Crippen LogP contribution in [0.4, 0.5) is 0 Å². The van der Waals surface area contributed by atoms with Crippen molar-refractivity contribution < 1.29 is 9.90 Å². The lowest BCUT2D eigenvalue weighted by molar-refractivity contribution is -0.138. The molecule has 0 aliphatic carbocycles. The Balaban J connectivity index is 3.15. The molecule has 3 heteroatoms. The van der Waals surface area contributed by atoms with Gasteiger partial charge in [0.25, 0.3) is 0 Å². The summed E-state index contributed by atoms with van der Waals surface area (Å²) in [6.07, 6.45) is 0. The molecule has 0 heterocycles. The fourth-order valence-corrected chi connectivity index (χ4v) is 1.50. The van der Waals surface area contributed by atoms with Gasteiger partial charge in [-0.05, 0) is 25.0 Å². The maximum absolute atomic E-state index is 10.9. The summed E-state index contributed by atoms with van der Waals surface area (Å²) in [6, 6.07) is 5.78. The number of carboxylic acids is 1. The van der Waals surface area contributed by atoms with E-state index in [1.807, 2.05) is 32.0 Å². The highest BCUT2D eigenvalue weighted by atomic mass is 16.4. The lowest BCUT2D eigenvalue weighted by Crippen LogP contribution is -2.22. The van der Waals surface area contributed by atoms with Crippen LogP contribution in [0.1, 0.15) is 22.6 Å². The number of rotatable bonds is 3. The molecule has 1 aromatic rings. The Kier molecular flexibility index (Phi) is 3.25. The van der Waals surface area contributed by atoms with Crippen LogP contribution in [0.25, 0.3) is 0 Å². The second-order valence-corrected chi connectivity index (χ2v) is 3.49. The molecule has 1 unspecified atom stereocenters. The van der Waals surface area contributed by atoms with E-state index >= 15 is 0 Å². The zero-order valence-electron chi connectivity index (χ0n) is 8.45. The summed E-state index contributed by atoms with van der Waals surface area (Å²) < 4.78 is 0. The molecule has 1 atom stereocenters. The third-order valence-corrected chi connectivity index (χ3v) is 2.34. The third-order valence-electron chi connectivity index (χ3n) is 2.34. The number of carbonyl (C=O) groups is 1. The van der Waals surface area contributed by atoms with E-state index in [2.05, 4.69) is 0 Å². The monoisotopic (exact) mass is 193 g/mol. The number of benzene rings is 1. The van der Waals surface area contributed by atoms with Crippen molar-refractivity contribution in [3.8, 4) is 0 Å². The average molecular weight is 193 g/mol. The van der Waals surface area contributed by atoms with E-state index in [0.717, 1.165) is 16.7 Å². The highest BCUT2D eigenvalue weighted by molar-refractivity contribution is 5.77. The van der Waals surface area contributed by atoms with Gasteiger partial charge in [-0.1, -0.05) is 23.8 Å². The first kappa shape index (κ1) is 10.7. The topological polar surface area (TPSA) is 63.3 Å². The summed E-state index contributed by atoms with van der Waals surface area (Å²) in [5.74, 6) is -1.45. The molecule has 14 heavy (non-hydrogen) atoms. The molecule has 0 spiro atoms. The molecule has 76 valence electrons. The van der Waals surface area contributed by atoms with Crippen LogP contribution in [-0.2, 0) is 4.79 Å². The number of hydrogen-bond donors (Lipinski definition) is 2. The Bertz CT molecular complexity index is 347. The van der Waals surface area contributed by atoms with Crippen molar-refractivity contribution in [2.45, 2.75) is 19.8 Å². The quantitative estimate of drug-likeness (QED) is 0.763. The normalized spacial score (nSPS) is 12.5. The Labute approximate surface area is 83.6 Å². The van der Waals surface area contributed by atoms with Crippen LogP contribution in [0.2, 0.25) is 0 Å². The molecule has 1 aromatic carbocycles. The molecule has 1 rings (SSSR count). The Morgan fingerprint density at radius 1 is 1.50 bits per heavy atom. The third kappa shape index (κ3) is 2.12. The lowest BCUT2D eigenvalue weighted by atomic mass is 9.93. The van der Waals surface area contributed by atoms with Gasteiger partial charge in [-0.3, -0.25) is 4.79 Å². The number of aliphatic carboxylic acids is 1. The zero-order chi connectivity index (χ0) is 10.7. The second kappa shape index (κ2) is 4.24. The van der Waals surface area contributed by atoms with Gasteiger partial charge in [0.05, 0.1) is 5.92 Å². The molecule has 3 N–H and O–H groups in total. The molecule has 0 saturated carbocycles. The molecule has 0 aromatic heterocycles. The maximum atomic E-state index is 10.9. The van der Waals surface area contributed by atoms with Crippen LogP contribution in [0.3, 0.4) is 0 Å². The van der Waals surface area contributed by atoms with Crippen LogP contribution < -0.4 is 5.73 Å². The van der Waals surface area contributed by atoms with Crippen molar-refractivity contribution in [2.24, 2.45) is 5.73 Å². The fraction of sp³-hybridized carbons (Fsp3) is 0.364. The smallest absolute Gasteiger partial charge is 0.312 e. The van der Waals surface area contributed by atoms with Crippen molar-refractivity contribution in [3.63, 3.8) is 0 Å². The minimum Gasteiger partial charge on any atom is -0.481 e. The lowest BCUT2D eigenvalue weighted by Gasteiger charge is -2.13. The number of carboxylic acid groups (broad SMARTS) is 1. The van der Waals surface area contributed by atoms with Crippen LogP contribution in [-0.4, -0.2) is 17.6 Å². The highest BCUT2D eigenvalue weighted by Gasteiger charge is 2.19. The maximum Gasteiger partial charge on any atom is 0.312 e. The van der Waals surface area contributed by atoms with Crippen molar-refractivity contribution in [2.75, 3.05) is 6.54 Å². The van der Waals surface area contributed by atoms with Crippen molar-refractivity contribution in [1.29, 1.82) is 0 Å². The summed E-state index contributed by atoms with van der Waals surface area (Å²) in [5.41, 5.74) is 8.30. The highest BCUT2D eigenvalue weighted by Crippen LogP contribution is 2.20. The minimum absolute atomic E-state index is 0.139. The number of hydrogen-bond acceptors (Lipinski definition) is 2. The molecule has 0 radical (unpaired) electrons. The first-order chi connectivity index (χ1) is 6.56. The van der Waals surface area contributed by atoms with Crippen molar-refractivity contribution in [3.05, 3.63) is 34.9 Å². The van der Waals surface area contributed by atoms with Crippen LogP contribution in [0.5, 0.6) is 0 Å². The molecule has 0 aliphatic rings. The minimum atomic E-state index is -0.860. The molecule has 0 saturated heterocycles. The van der Waals surface area contributed by atoms with E-state index in [0.29, 0.717) is 0 Å². The van der Waals surface area contributed by atoms with Crippen LogP contribution in [0.15, 0.2) is 18.2 Å². The van der Waals surface area contributed by atoms with Gasteiger partial charge in [-0.25, -0.2) is 0 Å². The van der Waals surface area contributed by atoms with E-state index in [1.54, 1.807) is 0 Å². The van der Waals surface area contributed by atoms with Crippen molar-refractivity contribution >= 4 is 5.97 Å². The summed E-state index contributed by atoms with van der Waals surface area (Å²) in [6.45, 7) is 3.98. The summed E-state index contributed by atoms with van der Waals surface area (Å²) in [4.78, 5) is 10.9. The van der Waals surface area contributed by atoms with E-state index in [9.17, 15) is 4.79 Å². The molecule has 3 nitrogen and oxygen atoms in total. The van der Waals surface area contributed by atoms with Gasteiger partial charge in [-0.2, -0.15) is 0 Å². The second-order valence-electron chi connectivity index (χ2n) is 3.49. The van der Waals surface area contributed by atoms with Gasteiger partial charge >= 0.3 is 5.97 Å². The van der Waals surface area contributed by atoms with E-state index in [4.69, 9.17) is 10.8 Å². The Morgan fingerprint density at radius 3 is 2.64 bits per heavy atom. The molecular formula is C11H15NO2. The van der Waals surface area contributed by atoms with E-state index in [1.165, 1.54) is 0 Å². The van der Waals surface area contributed by atoms with Gasteiger partial charge in [0.15, 0.2) is 0 Å². The largest absolute Gasteiger partial charge is 0.481 e. The predicted molar refractivity (Wildman–Crippen MR) is 55.3 cm³/mol. The van der Waals surface area contributed by atoms with E-state index < -0.39 is 11.9 Å². The van der Waals surface area contributed by atoms with Crippen molar-refractivity contribution in [1.82, 2.24) is 0 Å². The molecular weight excluding hydrogens is 178 g/mol. The van der Waals surface area contributed by atoms with Gasteiger partial charge < -0.3 is 10.8 Å². The van der Waals surface area contributed by atoms with Crippen LogP contribution in [0, 0.1) is 13.8 Å². The molecule has 0 aliphatic heterocycles. The standard InChI is InChI=1S/C11H15NO2/c1-7-3-4-8(2)9(5-7)10(6-12)11(13)14/h3-5,10H,6,12H2,1-2H3,(H,13,14). The number of nitrogens with two attached hydrogens (primary N) is 1. The Hall–Kier alpha value is -1.35. The SMILES string of the molecule is Cc1ccc(C)c(C(CN)C(=O)O)c1. The summed E-state index contributed by atoms with van der Waals surface area (Å²) in [5, 5.41) is 8.96. The van der Waals surface area contributed by atoms with Gasteiger partial charge in [-0.15, -0.1) is 0 Å². The van der Waals surface area contributed by atoms with Crippen LogP contribution >= 0.6 is 0 Å². The van der Waals surface area contributed by atoms with E-state index in [-0.39, 0.29) is 6.54 Å². The van der Waals surface area contributed by atoms with Gasteiger partial charge in [0.2, 0.25) is 0 Å². The molecule has 0 bridgehead atoms. The van der Waals surface area contributed by atoms with Gasteiger partial charge in [0, 0.05) is 6.54 Å². The summed E-state index contributed by atoms with van der Waals surface area (Å²) >= 11 is 0.